The molecule has 2 radical (unpaired) electrons. The molecule has 0 aromatic carbocycles. The van der Waals surface area contributed by atoms with Crippen LogP contribution in [0.2, 0.25) is 0 Å². The normalized spacial score (nSPS) is 7.82. The molecule has 0 atom stereocenters. The number of rotatable bonds is 4. The van der Waals surface area contributed by atoms with Gasteiger partial charge >= 0.3 is 6.61 Å². The lowest BCUT2D eigenvalue weighted by Gasteiger charge is -1.81. The summed E-state index contributed by atoms with van der Waals surface area (Å²) in [5.74, 6) is -1.23. The second kappa shape index (κ2) is 11.9. The molecule has 3 heteroatoms. The Morgan fingerprint density at radius 1 is 1.64 bits per heavy atom. The second-order valence-electron chi connectivity index (χ2n) is 1.93. The van der Waals surface area contributed by atoms with Gasteiger partial charge in [-0.05, 0) is 12.5 Å². The zero-order valence-corrected chi connectivity index (χ0v) is 6.84. The van der Waals surface area contributed by atoms with Gasteiger partial charge in [-0.3, -0.25) is 0 Å². The van der Waals surface area contributed by atoms with Crippen LogP contribution in [0.25, 0.3) is 0 Å². The average Bonchev–Trinajstić information content (AvgIpc) is 2.02. The molecule has 0 saturated carbocycles. The van der Waals surface area contributed by atoms with Gasteiger partial charge in [0.1, 0.15) is 0 Å². The minimum atomic E-state index is -1.23. The number of carbonyl (C=O) groups is 1. The molecule has 0 aliphatic heterocycles. The van der Waals surface area contributed by atoms with Crippen LogP contribution in [0, 0.1) is 0 Å². The lowest BCUT2D eigenvalue weighted by Crippen LogP contribution is -2.17. The molecule has 0 aliphatic carbocycles. The fourth-order valence-corrected chi connectivity index (χ4v) is 0.352. The highest BCUT2D eigenvalue weighted by Crippen LogP contribution is 1.89. The molecular formula is C8H14O3. The zero-order chi connectivity index (χ0) is 9.11. The first-order chi connectivity index (χ1) is 5.18. The quantitative estimate of drug-likeness (QED) is 0.340. The van der Waals surface area contributed by atoms with Crippen molar-refractivity contribution in [1.82, 2.24) is 0 Å². The Kier molecular flexibility index (Phi) is 13.9. The first-order valence-electron chi connectivity index (χ1n) is 3.60. The Morgan fingerprint density at radius 2 is 2.09 bits per heavy atom. The maximum Gasteiger partial charge on any atom is 0.336 e. The van der Waals surface area contributed by atoms with Crippen LogP contribution in [0.1, 0.15) is 26.2 Å². The molecule has 3 nitrogen and oxygen atoms in total. The maximum absolute atomic E-state index is 9.69. The molecule has 0 heterocycles. The van der Waals surface area contributed by atoms with Gasteiger partial charge in [-0.1, -0.05) is 19.9 Å². The smallest absolute Gasteiger partial charge is 0.336 e. The highest BCUT2D eigenvalue weighted by molar-refractivity contribution is 5.76. The van der Waals surface area contributed by atoms with Crippen LogP contribution in [-0.4, -0.2) is 12.6 Å². The van der Waals surface area contributed by atoms with Gasteiger partial charge in [0, 0.05) is 6.42 Å². The van der Waals surface area contributed by atoms with Crippen molar-refractivity contribution in [2.45, 2.75) is 26.2 Å². The van der Waals surface area contributed by atoms with E-state index in [1.54, 1.807) is 0 Å². The van der Waals surface area contributed by atoms with E-state index >= 15 is 0 Å². The van der Waals surface area contributed by atoms with E-state index in [1.165, 1.54) is 0 Å². The Hall–Kier alpha value is -0.830. The summed E-state index contributed by atoms with van der Waals surface area (Å²) in [6.45, 7) is 5.10. The van der Waals surface area contributed by atoms with Gasteiger partial charge in [-0.2, -0.15) is 0 Å². The summed E-state index contributed by atoms with van der Waals surface area (Å²) in [6, 6.07) is 0. The van der Waals surface area contributed by atoms with Crippen molar-refractivity contribution >= 4 is 5.97 Å². The van der Waals surface area contributed by atoms with Crippen molar-refractivity contribution in [2.75, 3.05) is 6.61 Å². The van der Waals surface area contributed by atoms with Crippen LogP contribution in [0.4, 0.5) is 0 Å². The fourth-order valence-electron chi connectivity index (χ4n) is 0.352. The van der Waals surface area contributed by atoms with Crippen LogP contribution in [0.15, 0.2) is 12.7 Å². The van der Waals surface area contributed by atoms with Crippen molar-refractivity contribution in [3.05, 3.63) is 12.7 Å². The van der Waals surface area contributed by atoms with E-state index in [4.69, 9.17) is 9.90 Å². The van der Waals surface area contributed by atoms with Crippen LogP contribution in [-0.2, 0) is 9.90 Å². The number of aliphatic carboxylic acids is 1. The van der Waals surface area contributed by atoms with Crippen molar-refractivity contribution in [2.24, 2.45) is 0 Å². The number of carboxylic acid groups (broad SMARTS) is 1. The number of hydrogen-bond acceptors (Lipinski definition) is 2. The zero-order valence-electron chi connectivity index (χ0n) is 6.84. The topological polar surface area (TPSA) is 60.0 Å². The summed E-state index contributed by atoms with van der Waals surface area (Å²) in [4.78, 5) is 9.14. The molecule has 0 amide bonds. The fraction of sp³-hybridized carbons (Fsp3) is 0.625. The van der Waals surface area contributed by atoms with Crippen LogP contribution >= 0.6 is 0 Å². The predicted octanol–water partition coefficient (Wildman–Crippen LogP) is 0.529. The van der Waals surface area contributed by atoms with Gasteiger partial charge in [-0.25, -0.2) is 0 Å². The largest absolute Gasteiger partial charge is 0.545 e. The third-order valence-corrected chi connectivity index (χ3v) is 0.915. The first-order valence-corrected chi connectivity index (χ1v) is 3.60. The van der Waals surface area contributed by atoms with Gasteiger partial charge in [-0.15, -0.1) is 0 Å². The third kappa shape index (κ3) is 27.1. The Balaban J connectivity index is 0. The number of carbonyl (C=O) groups excluding carboxylic acids is 1. The molecular weight excluding hydrogens is 144 g/mol. The molecule has 0 spiro atoms. The van der Waals surface area contributed by atoms with E-state index in [1.807, 2.05) is 0 Å². The van der Waals surface area contributed by atoms with Gasteiger partial charge in [0.25, 0.3) is 5.11 Å². The SMILES string of the molecule is C=CC(=O)[O-].CCCCC[O+]. The molecule has 0 N–H and O–H groups in total. The Morgan fingerprint density at radius 3 is 2.18 bits per heavy atom. The van der Waals surface area contributed by atoms with Crippen molar-refractivity contribution < 1.29 is 15.0 Å². The molecule has 0 saturated heterocycles. The average molecular weight is 158 g/mol. The summed E-state index contributed by atoms with van der Waals surface area (Å²) in [7, 11) is 0. The minimum Gasteiger partial charge on any atom is -0.545 e. The van der Waals surface area contributed by atoms with Crippen molar-refractivity contribution in [1.29, 1.82) is 0 Å². The molecule has 0 fully saturated rings. The van der Waals surface area contributed by atoms with Crippen LogP contribution in [0.3, 0.4) is 0 Å². The third-order valence-electron chi connectivity index (χ3n) is 0.915. The lowest BCUT2D eigenvalue weighted by molar-refractivity contribution is -0.297. The first kappa shape index (κ1) is 12.8. The maximum atomic E-state index is 9.69. The van der Waals surface area contributed by atoms with Gasteiger partial charge in [0.15, 0.2) is 0 Å². The van der Waals surface area contributed by atoms with Crippen molar-refractivity contribution in [3.8, 4) is 0 Å². The van der Waals surface area contributed by atoms with E-state index in [-0.39, 0.29) is 6.61 Å². The van der Waals surface area contributed by atoms with Crippen LogP contribution in [0.5, 0.6) is 0 Å². The van der Waals surface area contributed by atoms with E-state index in [9.17, 15) is 5.11 Å². The van der Waals surface area contributed by atoms with Crippen molar-refractivity contribution in [3.63, 3.8) is 0 Å². The monoisotopic (exact) mass is 158 g/mol. The van der Waals surface area contributed by atoms with Gasteiger partial charge in [0.05, 0.1) is 5.97 Å². The molecule has 0 bridgehead atoms. The summed E-state index contributed by atoms with van der Waals surface area (Å²) in [6.07, 6.45) is 3.84. The lowest BCUT2D eigenvalue weighted by atomic mass is 10.3. The molecule has 0 unspecified atom stereocenters. The van der Waals surface area contributed by atoms with E-state index in [2.05, 4.69) is 13.5 Å². The number of hydrogen-bond donors (Lipinski definition) is 0. The van der Waals surface area contributed by atoms with Crippen LogP contribution < -0.4 is 5.11 Å². The Bertz CT molecular complexity index is 95.5. The summed E-state index contributed by atoms with van der Waals surface area (Å²) >= 11 is 0. The van der Waals surface area contributed by atoms with E-state index < -0.39 is 5.97 Å². The van der Waals surface area contributed by atoms with E-state index in [0.717, 1.165) is 25.3 Å². The highest BCUT2D eigenvalue weighted by Gasteiger charge is 1.90. The highest BCUT2D eigenvalue weighted by atomic mass is 16.4. The predicted molar refractivity (Wildman–Crippen MR) is 40.3 cm³/mol. The number of unbranched alkanes of at least 4 members (excludes halogenated alkanes) is 2. The molecule has 0 aromatic rings. The Labute approximate surface area is 67.4 Å². The second-order valence-corrected chi connectivity index (χ2v) is 1.93. The van der Waals surface area contributed by atoms with E-state index in [0.29, 0.717) is 0 Å². The summed E-state index contributed by atoms with van der Waals surface area (Å²) < 4.78 is 0. The molecule has 0 aliphatic rings. The van der Waals surface area contributed by atoms with Gasteiger partial charge in [0.2, 0.25) is 0 Å². The minimum absolute atomic E-state index is 0.105. The molecule has 0 rings (SSSR count). The molecule has 0 aromatic heterocycles. The number of carboxylic acids is 1. The molecule has 11 heavy (non-hydrogen) atoms. The summed E-state index contributed by atoms with van der Waals surface area (Å²) in [5, 5.41) is 18.8. The standard InChI is InChI=1S/C5H11O.C3H4O2/c1-2-3-4-5-6;1-2-3(4)5/h2-5H2,1H3;2H,1H2,(H,4,5)/q+1;/p-1. The molecule has 64 valence electrons. The summed E-state index contributed by atoms with van der Waals surface area (Å²) in [5.41, 5.74) is 0. The van der Waals surface area contributed by atoms with Gasteiger partial charge < -0.3 is 9.90 Å².